The highest BCUT2D eigenvalue weighted by Crippen LogP contribution is 2.17. The van der Waals surface area contributed by atoms with Crippen LogP contribution in [0.1, 0.15) is 27.4 Å². The van der Waals surface area contributed by atoms with Crippen LogP contribution in [0.15, 0.2) is 30.6 Å². The zero-order valence-corrected chi connectivity index (χ0v) is 13.6. The lowest BCUT2D eigenvalue weighted by Gasteiger charge is -2.23. The fourth-order valence-electron chi connectivity index (χ4n) is 2.82. The van der Waals surface area contributed by atoms with E-state index in [1.54, 1.807) is 36.3 Å². The Morgan fingerprint density at radius 1 is 1.12 bits per heavy atom. The number of anilines is 1. The third kappa shape index (κ3) is 3.37. The molecule has 8 nitrogen and oxygen atoms in total. The molecule has 0 bridgehead atoms. The van der Waals surface area contributed by atoms with Crippen molar-refractivity contribution in [2.45, 2.75) is 6.42 Å². The van der Waals surface area contributed by atoms with Crippen molar-refractivity contribution in [1.82, 2.24) is 19.7 Å². The zero-order valence-electron chi connectivity index (χ0n) is 13.6. The Balaban J connectivity index is 1.70. The van der Waals surface area contributed by atoms with Crippen LogP contribution in [0.3, 0.4) is 0 Å². The second-order valence-corrected chi connectivity index (χ2v) is 5.77. The first kappa shape index (κ1) is 16.0. The average Bonchev–Trinajstić information content (AvgIpc) is 2.87. The van der Waals surface area contributed by atoms with Crippen LogP contribution in [0.25, 0.3) is 0 Å². The average molecular weight is 328 g/mol. The van der Waals surface area contributed by atoms with Crippen molar-refractivity contribution in [2.75, 3.05) is 31.1 Å². The summed E-state index contributed by atoms with van der Waals surface area (Å²) in [6.07, 6.45) is 4.18. The van der Waals surface area contributed by atoms with Crippen molar-refractivity contribution in [3.8, 4) is 0 Å². The first-order valence-electron chi connectivity index (χ1n) is 7.84. The van der Waals surface area contributed by atoms with Crippen molar-refractivity contribution < 1.29 is 9.59 Å². The van der Waals surface area contributed by atoms with Gasteiger partial charge in [-0.25, -0.2) is 0 Å². The summed E-state index contributed by atoms with van der Waals surface area (Å²) >= 11 is 0. The Bertz CT molecular complexity index is 757. The van der Waals surface area contributed by atoms with Gasteiger partial charge in [0.2, 0.25) is 0 Å². The number of primary amides is 1. The minimum Gasteiger partial charge on any atom is -0.370 e. The number of nitrogens with zero attached hydrogens (tertiary/aromatic N) is 5. The number of nitrogens with two attached hydrogens (primary N) is 1. The van der Waals surface area contributed by atoms with Gasteiger partial charge in [-0.3, -0.25) is 19.3 Å². The number of amides is 2. The first-order chi connectivity index (χ1) is 11.5. The zero-order chi connectivity index (χ0) is 17.1. The van der Waals surface area contributed by atoms with Crippen molar-refractivity contribution in [3.05, 3.63) is 42.0 Å². The van der Waals surface area contributed by atoms with Gasteiger partial charge in [-0.1, -0.05) is 0 Å². The summed E-state index contributed by atoms with van der Waals surface area (Å²) in [5.74, 6) is -0.594. The molecule has 2 amide bonds. The van der Waals surface area contributed by atoms with E-state index in [2.05, 4.69) is 15.0 Å². The molecule has 2 aromatic heterocycles. The molecule has 2 aromatic rings. The number of hydrogen-bond donors (Lipinski definition) is 1. The molecule has 0 aromatic carbocycles. The predicted molar refractivity (Wildman–Crippen MR) is 88.7 cm³/mol. The van der Waals surface area contributed by atoms with E-state index in [-0.39, 0.29) is 11.6 Å². The Labute approximate surface area is 139 Å². The smallest absolute Gasteiger partial charge is 0.274 e. The van der Waals surface area contributed by atoms with Crippen molar-refractivity contribution in [2.24, 2.45) is 12.8 Å². The number of aryl methyl sites for hydroxylation is 1. The molecule has 0 spiro atoms. The molecule has 1 aliphatic rings. The summed E-state index contributed by atoms with van der Waals surface area (Å²) in [5, 5.41) is 4.18. The fourth-order valence-corrected chi connectivity index (χ4v) is 2.82. The second kappa shape index (κ2) is 6.69. The lowest BCUT2D eigenvalue weighted by Crippen LogP contribution is -2.35. The minimum absolute atomic E-state index is 0.0509. The van der Waals surface area contributed by atoms with E-state index in [4.69, 9.17) is 5.73 Å². The van der Waals surface area contributed by atoms with Crippen LogP contribution in [0, 0.1) is 0 Å². The molecule has 0 atom stereocenters. The molecular weight excluding hydrogens is 308 g/mol. The summed E-state index contributed by atoms with van der Waals surface area (Å²) in [4.78, 5) is 31.7. The summed E-state index contributed by atoms with van der Waals surface area (Å²) in [7, 11) is 1.79. The van der Waals surface area contributed by atoms with Gasteiger partial charge in [-0.15, -0.1) is 0 Å². The summed E-state index contributed by atoms with van der Waals surface area (Å²) in [6.45, 7) is 2.76. The monoisotopic (exact) mass is 328 g/mol. The molecule has 0 radical (unpaired) electrons. The van der Waals surface area contributed by atoms with E-state index < -0.39 is 5.91 Å². The molecule has 1 aliphatic heterocycles. The maximum Gasteiger partial charge on any atom is 0.274 e. The molecule has 8 heteroatoms. The van der Waals surface area contributed by atoms with Gasteiger partial charge in [-0.2, -0.15) is 5.10 Å². The Kier molecular flexibility index (Phi) is 4.45. The third-order valence-corrected chi connectivity index (χ3v) is 4.08. The highest BCUT2D eigenvalue weighted by molar-refractivity contribution is 5.92. The van der Waals surface area contributed by atoms with Gasteiger partial charge in [-0.05, 0) is 24.6 Å². The lowest BCUT2D eigenvalue weighted by molar-refractivity contribution is 0.0760. The van der Waals surface area contributed by atoms with Gasteiger partial charge in [0, 0.05) is 51.3 Å². The van der Waals surface area contributed by atoms with E-state index in [1.165, 1.54) is 0 Å². The van der Waals surface area contributed by atoms with Crippen LogP contribution in [0.4, 0.5) is 5.69 Å². The summed E-state index contributed by atoms with van der Waals surface area (Å²) in [6, 6.07) is 5.27. The van der Waals surface area contributed by atoms with Gasteiger partial charge in [0.15, 0.2) is 0 Å². The molecular formula is C16H20N6O2. The van der Waals surface area contributed by atoms with Crippen LogP contribution in [0.2, 0.25) is 0 Å². The van der Waals surface area contributed by atoms with Crippen molar-refractivity contribution in [1.29, 1.82) is 0 Å². The van der Waals surface area contributed by atoms with Crippen LogP contribution in [-0.4, -0.2) is 57.7 Å². The maximum absolute atomic E-state index is 12.5. The number of carbonyl (C=O) groups is 2. The SMILES string of the molecule is Cn1ccc(C(=O)N2CCCN(c3ccnc(C(N)=O)c3)CC2)n1. The number of rotatable bonds is 3. The van der Waals surface area contributed by atoms with Gasteiger partial charge < -0.3 is 15.5 Å². The Morgan fingerprint density at radius 2 is 1.96 bits per heavy atom. The van der Waals surface area contributed by atoms with E-state index in [9.17, 15) is 9.59 Å². The minimum atomic E-state index is -0.543. The fraction of sp³-hybridized carbons (Fsp3) is 0.375. The topological polar surface area (TPSA) is 97.4 Å². The summed E-state index contributed by atoms with van der Waals surface area (Å²) < 4.78 is 1.62. The van der Waals surface area contributed by atoms with Crippen molar-refractivity contribution in [3.63, 3.8) is 0 Å². The predicted octanol–water partition coefficient (Wildman–Crippen LogP) is 0.267. The molecule has 126 valence electrons. The second-order valence-electron chi connectivity index (χ2n) is 5.77. The number of aromatic nitrogens is 3. The standard InChI is InChI=1S/C16H20N6O2/c1-20-8-4-13(19-20)16(24)22-7-2-6-21(9-10-22)12-3-5-18-14(11-12)15(17)23/h3-5,8,11H,2,6-7,9-10H2,1H3,(H2,17,23). The number of pyridine rings is 1. The third-order valence-electron chi connectivity index (χ3n) is 4.08. The van der Waals surface area contributed by atoms with E-state index in [0.29, 0.717) is 25.3 Å². The Hall–Kier alpha value is -2.90. The van der Waals surface area contributed by atoms with Crippen LogP contribution in [-0.2, 0) is 7.05 Å². The van der Waals surface area contributed by atoms with E-state index >= 15 is 0 Å². The molecule has 3 heterocycles. The number of carbonyl (C=O) groups excluding carboxylic acids is 2. The van der Waals surface area contributed by atoms with Gasteiger partial charge >= 0.3 is 0 Å². The molecule has 0 saturated carbocycles. The molecule has 3 rings (SSSR count). The van der Waals surface area contributed by atoms with E-state index in [0.717, 1.165) is 18.7 Å². The molecule has 0 aliphatic carbocycles. The van der Waals surface area contributed by atoms with E-state index in [1.807, 2.05) is 11.0 Å². The van der Waals surface area contributed by atoms with Crippen LogP contribution in [0.5, 0.6) is 0 Å². The van der Waals surface area contributed by atoms with Crippen LogP contribution >= 0.6 is 0 Å². The highest BCUT2D eigenvalue weighted by atomic mass is 16.2. The highest BCUT2D eigenvalue weighted by Gasteiger charge is 2.22. The van der Waals surface area contributed by atoms with Gasteiger partial charge in [0.25, 0.3) is 11.8 Å². The van der Waals surface area contributed by atoms with Crippen LogP contribution < -0.4 is 10.6 Å². The molecule has 24 heavy (non-hydrogen) atoms. The Morgan fingerprint density at radius 3 is 2.67 bits per heavy atom. The van der Waals surface area contributed by atoms with Crippen molar-refractivity contribution >= 4 is 17.5 Å². The first-order valence-corrected chi connectivity index (χ1v) is 7.84. The molecule has 0 unspecified atom stereocenters. The lowest BCUT2D eigenvalue weighted by atomic mass is 10.2. The normalized spacial score (nSPS) is 15.2. The van der Waals surface area contributed by atoms with Gasteiger partial charge in [0.1, 0.15) is 11.4 Å². The quantitative estimate of drug-likeness (QED) is 0.872. The largest absolute Gasteiger partial charge is 0.370 e. The summed E-state index contributed by atoms with van der Waals surface area (Å²) in [5.41, 5.74) is 6.90. The van der Waals surface area contributed by atoms with Gasteiger partial charge in [0.05, 0.1) is 0 Å². The maximum atomic E-state index is 12.5. The molecule has 1 fully saturated rings. The molecule has 1 saturated heterocycles. The molecule has 2 N–H and O–H groups in total. The number of hydrogen-bond acceptors (Lipinski definition) is 5.